The number of aromatic amines is 1. The largest absolute Gasteiger partial charge is 0.493 e. The molecule has 0 bridgehead atoms. The molecular weight excluding hydrogens is 286 g/mol. The summed E-state index contributed by atoms with van der Waals surface area (Å²) in [6.45, 7) is 11.7. The average Bonchev–Trinajstić information content (AvgIpc) is 3.00. The van der Waals surface area contributed by atoms with Gasteiger partial charge in [0.05, 0.1) is 12.3 Å². The number of hydrogen-bond donors (Lipinski definition) is 2. The van der Waals surface area contributed by atoms with Crippen LogP contribution in [-0.4, -0.2) is 16.8 Å². The summed E-state index contributed by atoms with van der Waals surface area (Å²) >= 11 is 0. The van der Waals surface area contributed by atoms with Gasteiger partial charge in [0, 0.05) is 11.6 Å². The summed E-state index contributed by atoms with van der Waals surface area (Å²) in [7, 11) is 0. The summed E-state index contributed by atoms with van der Waals surface area (Å²) in [5.74, 6) is 2.47. The van der Waals surface area contributed by atoms with Crippen molar-refractivity contribution in [3.8, 4) is 17.0 Å². The minimum absolute atomic E-state index is 0.444. The Hall–Kier alpha value is -1.97. The highest BCUT2D eigenvalue weighted by Gasteiger charge is 2.20. The lowest BCUT2D eigenvalue weighted by atomic mass is 9.87. The van der Waals surface area contributed by atoms with E-state index in [9.17, 15) is 0 Å². The number of nitrogens with one attached hydrogen (secondary N) is 1. The molecule has 1 aromatic carbocycles. The van der Waals surface area contributed by atoms with Crippen LogP contribution in [0.5, 0.6) is 5.75 Å². The molecule has 0 aliphatic heterocycles. The van der Waals surface area contributed by atoms with E-state index in [4.69, 9.17) is 10.5 Å². The van der Waals surface area contributed by atoms with Gasteiger partial charge in [0.15, 0.2) is 0 Å². The highest BCUT2D eigenvalue weighted by Crippen LogP contribution is 2.40. The monoisotopic (exact) mass is 315 g/mol. The first-order valence-corrected chi connectivity index (χ1v) is 8.63. The lowest BCUT2D eigenvalue weighted by Crippen LogP contribution is -2.06. The van der Waals surface area contributed by atoms with Crippen LogP contribution in [0.4, 0.5) is 5.82 Å². The molecule has 4 heteroatoms. The van der Waals surface area contributed by atoms with Gasteiger partial charge < -0.3 is 10.5 Å². The van der Waals surface area contributed by atoms with Gasteiger partial charge in [-0.05, 0) is 54.9 Å². The van der Waals surface area contributed by atoms with Crippen molar-refractivity contribution in [1.82, 2.24) is 10.2 Å². The predicted octanol–water partition coefficient (Wildman–Crippen LogP) is 5.08. The van der Waals surface area contributed by atoms with Gasteiger partial charge in [-0.3, -0.25) is 5.10 Å². The third-order valence-corrected chi connectivity index (χ3v) is 4.63. The molecule has 0 aliphatic rings. The molecule has 4 nitrogen and oxygen atoms in total. The minimum atomic E-state index is 0.444. The Morgan fingerprint density at radius 1 is 1.04 bits per heavy atom. The van der Waals surface area contributed by atoms with Crippen LogP contribution in [0.15, 0.2) is 18.2 Å². The number of anilines is 1. The van der Waals surface area contributed by atoms with Crippen molar-refractivity contribution >= 4 is 5.82 Å². The maximum atomic E-state index is 6.06. The zero-order valence-electron chi connectivity index (χ0n) is 14.9. The number of nitrogen functional groups attached to an aromatic ring is 1. The molecule has 2 aromatic rings. The number of nitrogens with two attached hydrogens (primary N) is 1. The molecule has 0 saturated carbocycles. The topological polar surface area (TPSA) is 63.9 Å². The van der Waals surface area contributed by atoms with Crippen LogP contribution in [0, 0.1) is 0 Å². The Morgan fingerprint density at radius 3 is 2.00 bits per heavy atom. The number of nitrogens with zero attached hydrogens (tertiary/aromatic N) is 1. The second-order valence-electron chi connectivity index (χ2n) is 6.24. The average molecular weight is 315 g/mol. The fourth-order valence-corrected chi connectivity index (χ4v) is 2.80. The van der Waals surface area contributed by atoms with E-state index < -0.39 is 0 Å². The highest BCUT2D eigenvalue weighted by molar-refractivity contribution is 5.67. The van der Waals surface area contributed by atoms with Crippen LogP contribution < -0.4 is 10.5 Å². The van der Waals surface area contributed by atoms with Gasteiger partial charge in [-0.1, -0.05) is 27.7 Å². The third kappa shape index (κ3) is 3.69. The molecule has 0 radical (unpaired) electrons. The number of ether oxygens (including phenoxy) is 1. The van der Waals surface area contributed by atoms with Crippen molar-refractivity contribution in [3.63, 3.8) is 0 Å². The van der Waals surface area contributed by atoms with Gasteiger partial charge >= 0.3 is 0 Å². The first-order valence-electron chi connectivity index (χ1n) is 8.63. The van der Waals surface area contributed by atoms with E-state index in [2.05, 4.69) is 50.0 Å². The van der Waals surface area contributed by atoms with E-state index >= 15 is 0 Å². The molecule has 2 rings (SSSR count). The molecule has 0 saturated heterocycles. The van der Waals surface area contributed by atoms with Gasteiger partial charge in [-0.25, -0.2) is 0 Å². The van der Waals surface area contributed by atoms with Crippen molar-refractivity contribution in [3.05, 3.63) is 29.3 Å². The summed E-state index contributed by atoms with van der Waals surface area (Å²) in [4.78, 5) is 0. The summed E-state index contributed by atoms with van der Waals surface area (Å²) in [5, 5.41) is 7.09. The van der Waals surface area contributed by atoms with Gasteiger partial charge in [-0.2, -0.15) is 5.10 Å². The van der Waals surface area contributed by atoms with Crippen LogP contribution in [0.25, 0.3) is 11.3 Å². The van der Waals surface area contributed by atoms with Crippen LogP contribution in [-0.2, 0) is 0 Å². The molecule has 0 fully saturated rings. The molecule has 2 unspecified atom stereocenters. The highest BCUT2D eigenvalue weighted by atomic mass is 16.5. The molecule has 3 N–H and O–H groups in total. The quantitative estimate of drug-likeness (QED) is 0.748. The Bertz CT molecular complexity index is 617. The van der Waals surface area contributed by atoms with Crippen molar-refractivity contribution in [2.24, 2.45) is 0 Å². The Balaban J connectivity index is 2.65. The summed E-state index contributed by atoms with van der Waals surface area (Å²) in [5.41, 5.74) is 10.4. The third-order valence-electron chi connectivity index (χ3n) is 4.63. The predicted molar refractivity (Wildman–Crippen MR) is 97.0 cm³/mol. The van der Waals surface area contributed by atoms with Crippen LogP contribution >= 0.6 is 0 Å². The lowest BCUT2D eigenvalue weighted by Gasteiger charge is -2.23. The Kier molecular flexibility index (Phi) is 5.69. The van der Waals surface area contributed by atoms with Crippen molar-refractivity contribution in [1.29, 1.82) is 0 Å². The first-order chi connectivity index (χ1) is 11.0. The van der Waals surface area contributed by atoms with Crippen LogP contribution in [0.1, 0.15) is 70.4 Å². The smallest absolute Gasteiger partial charge is 0.145 e. The molecule has 0 spiro atoms. The molecule has 126 valence electrons. The summed E-state index contributed by atoms with van der Waals surface area (Å²) < 4.78 is 6.06. The molecule has 0 aliphatic carbocycles. The van der Waals surface area contributed by atoms with Crippen LogP contribution in [0.3, 0.4) is 0 Å². The van der Waals surface area contributed by atoms with Gasteiger partial charge in [0.25, 0.3) is 0 Å². The first kappa shape index (κ1) is 17.4. The van der Waals surface area contributed by atoms with Crippen molar-refractivity contribution in [2.75, 3.05) is 12.3 Å². The van der Waals surface area contributed by atoms with Crippen LogP contribution in [0.2, 0.25) is 0 Å². The zero-order chi connectivity index (χ0) is 17.0. The van der Waals surface area contributed by atoms with Crippen molar-refractivity contribution < 1.29 is 4.74 Å². The van der Waals surface area contributed by atoms with E-state index in [1.165, 1.54) is 11.1 Å². The fourth-order valence-electron chi connectivity index (χ4n) is 2.80. The molecular formula is C19H29N3O. The number of hydrogen-bond acceptors (Lipinski definition) is 3. The number of H-pyrrole nitrogens is 1. The van der Waals surface area contributed by atoms with Crippen molar-refractivity contribution in [2.45, 2.75) is 59.3 Å². The second kappa shape index (κ2) is 7.53. The molecule has 1 aromatic heterocycles. The molecule has 2 atom stereocenters. The van der Waals surface area contributed by atoms with E-state index in [1.807, 2.05) is 13.0 Å². The standard InChI is InChI=1S/C19H29N3O/c1-6-12(4)15-9-14(17-11-18(20)22-21-17)10-16(13(5)7-2)19(15)23-8-3/h9-13H,6-8H2,1-5H3,(H3,20,21,22). The van der Waals surface area contributed by atoms with E-state index in [0.717, 1.165) is 29.8 Å². The van der Waals surface area contributed by atoms with Gasteiger partial charge in [0.2, 0.25) is 0 Å². The maximum Gasteiger partial charge on any atom is 0.145 e. The minimum Gasteiger partial charge on any atom is -0.493 e. The number of benzene rings is 1. The number of rotatable bonds is 7. The van der Waals surface area contributed by atoms with E-state index in [1.54, 1.807) is 0 Å². The Labute approximate surface area is 139 Å². The fraction of sp³-hybridized carbons (Fsp3) is 0.526. The van der Waals surface area contributed by atoms with E-state index in [0.29, 0.717) is 24.3 Å². The number of aromatic nitrogens is 2. The normalized spacial score (nSPS) is 13.8. The second-order valence-corrected chi connectivity index (χ2v) is 6.24. The molecule has 1 heterocycles. The summed E-state index contributed by atoms with van der Waals surface area (Å²) in [6.07, 6.45) is 2.16. The maximum absolute atomic E-state index is 6.06. The molecule has 23 heavy (non-hydrogen) atoms. The van der Waals surface area contributed by atoms with Gasteiger partial charge in [0.1, 0.15) is 11.6 Å². The van der Waals surface area contributed by atoms with Gasteiger partial charge in [-0.15, -0.1) is 0 Å². The Morgan fingerprint density at radius 2 is 1.61 bits per heavy atom. The lowest BCUT2D eigenvalue weighted by molar-refractivity contribution is 0.328. The zero-order valence-corrected chi connectivity index (χ0v) is 14.9. The molecule has 0 amide bonds. The SMILES string of the molecule is CCOc1c(C(C)CC)cc(-c2cc(N)n[nH]2)cc1C(C)CC. The summed E-state index contributed by atoms with van der Waals surface area (Å²) in [6, 6.07) is 6.33. The van der Waals surface area contributed by atoms with E-state index in [-0.39, 0.29) is 0 Å².